The molecule has 224 valence electrons. The molecule has 0 spiro atoms. The summed E-state index contributed by atoms with van der Waals surface area (Å²) in [5.41, 5.74) is 4.34. The van der Waals surface area contributed by atoms with E-state index in [0.717, 1.165) is 67.2 Å². The summed E-state index contributed by atoms with van der Waals surface area (Å²) in [5, 5.41) is 0. The van der Waals surface area contributed by atoms with Crippen LogP contribution in [0.15, 0.2) is 65.5 Å². The van der Waals surface area contributed by atoms with Crippen LogP contribution in [0.2, 0.25) is 0 Å². The van der Waals surface area contributed by atoms with Gasteiger partial charge >= 0.3 is 0 Å². The minimum absolute atomic E-state index is 0.0282. The highest BCUT2D eigenvalue weighted by molar-refractivity contribution is 6.05. The number of H-pyrrole nitrogens is 1. The molecule has 0 radical (unpaired) electrons. The maximum absolute atomic E-state index is 14.3. The Balaban J connectivity index is 1.04. The predicted octanol–water partition coefficient (Wildman–Crippen LogP) is 5.73. The standard InChI is InChI=1S/C36H43N5O2/c1-24-21-25(2)37-35(43)33(24)34(42)36(27-9-5-4-6-10-27)15-17-39(18-16-36)19-20-40-28-13-14-29(40)23-30(22-28)41-26(3)38-31-11-7-8-12-32(31)41/h4-12,21,28-30H,13-20,22-23H2,1-3H3,(H,37,43). The van der Waals surface area contributed by atoms with Gasteiger partial charge in [-0.2, -0.15) is 0 Å². The number of carbonyl (C=O) groups is 1. The maximum atomic E-state index is 14.3. The molecule has 3 fully saturated rings. The van der Waals surface area contributed by atoms with Crippen molar-refractivity contribution in [2.45, 2.75) is 82.8 Å². The van der Waals surface area contributed by atoms with Crippen molar-refractivity contribution in [3.63, 3.8) is 0 Å². The number of nitrogens with zero attached hydrogens (tertiary/aromatic N) is 4. The smallest absolute Gasteiger partial charge is 0.259 e. The van der Waals surface area contributed by atoms with Gasteiger partial charge in [0.25, 0.3) is 5.56 Å². The lowest BCUT2D eigenvalue weighted by Gasteiger charge is -2.43. The number of aromatic nitrogens is 3. The summed E-state index contributed by atoms with van der Waals surface area (Å²) in [4.78, 5) is 40.3. The zero-order valence-corrected chi connectivity index (χ0v) is 25.7. The van der Waals surface area contributed by atoms with E-state index in [9.17, 15) is 9.59 Å². The summed E-state index contributed by atoms with van der Waals surface area (Å²) in [6.07, 6.45) is 6.39. The molecule has 0 aliphatic carbocycles. The molecule has 7 nitrogen and oxygen atoms in total. The highest BCUT2D eigenvalue weighted by Gasteiger charge is 2.45. The van der Waals surface area contributed by atoms with E-state index in [0.29, 0.717) is 23.7 Å². The number of likely N-dealkylation sites (tertiary alicyclic amines) is 1. The SMILES string of the molecule is Cc1cc(C)c(C(=O)C2(c3ccccc3)CCN(CCN3C4CCC3CC(n3c(C)nc5ccccc53)C4)CC2)c(=O)[nH]1. The number of piperidine rings is 2. The molecule has 5 heterocycles. The van der Waals surface area contributed by atoms with Crippen molar-refractivity contribution in [2.75, 3.05) is 26.2 Å². The van der Waals surface area contributed by atoms with Crippen LogP contribution in [0, 0.1) is 20.8 Å². The van der Waals surface area contributed by atoms with E-state index in [1.54, 1.807) is 0 Å². The van der Waals surface area contributed by atoms with Crippen LogP contribution in [0.3, 0.4) is 0 Å². The number of pyridine rings is 1. The Hall–Kier alpha value is -3.55. The number of hydrogen-bond acceptors (Lipinski definition) is 5. The molecule has 2 aromatic heterocycles. The topological polar surface area (TPSA) is 74.2 Å². The highest BCUT2D eigenvalue weighted by Crippen LogP contribution is 2.43. The van der Waals surface area contributed by atoms with Crippen LogP contribution in [0.1, 0.15) is 77.6 Å². The second kappa shape index (κ2) is 11.2. The van der Waals surface area contributed by atoms with E-state index < -0.39 is 5.41 Å². The number of imidazole rings is 1. The zero-order valence-electron chi connectivity index (χ0n) is 25.7. The van der Waals surface area contributed by atoms with Crippen molar-refractivity contribution < 1.29 is 4.79 Å². The lowest BCUT2D eigenvalue weighted by Crippen LogP contribution is -2.51. The van der Waals surface area contributed by atoms with Crippen LogP contribution < -0.4 is 5.56 Å². The van der Waals surface area contributed by atoms with Crippen molar-refractivity contribution in [3.8, 4) is 0 Å². The van der Waals surface area contributed by atoms with Gasteiger partial charge in [0.1, 0.15) is 5.82 Å². The Labute approximate surface area is 253 Å². The highest BCUT2D eigenvalue weighted by atomic mass is 16.1. The molecule has 7 rings (SSSR count). The van der Waals surface area contributed by atoms with Crippen molar-refractivity contribution in [1.29, 1.82) is 0 Å². The number of aryl methyl sites for hydroxylation is 3. The molecule has 3 aliphatic heterocycles. The van der Waals surface area contributed by atoms with Gasteiger partial charge in [0.15, 0.2) is 5.78 Å². The van der Waals surface area contributed by atoms with Crippen molar-refractivity contribution in [2.24, 2.45) is 0 Å². The molecule has 2 bridgehead atoms. The maximum Gasteiger partial charge on any atom is 0.259 e. The third kappa shape index (κ3) is 4.96. The zero-order chi connectivity index (χ0) is 29.7. The van der Waals surface area contributed by atoms with E-state index in [1.165, 1.54) is 31.2 Å². The van der Waals surface area contributed by atoms with Crippen LogP contribution in [-0.2, 0) is 5.41 Å². The largest absolute Gasteiger partial charge is 0.326 e. The first-order chi connectivity index (χ1) is 20.8. The van der Waals surface area contributed by atoms with E-state index in [-0.39, 0.29) is 11.3 Å². The van der Waals surface area contributed by atoms with Crippen LogP contribution in [0.25, 0.3) is 11.0 Å². The number of carbonyl (C=O) groups excluding carboxylic acids is 1. The summed E-state index contributed by atoms with van der Waals surface area (Å²) < 4.78 is 2.50. The van der Waals surface area contributed by atoms with Gasteiger partial charge in [-0.15, -0.1) is 0 Å². The predicted molar refractivity (Wildman–Crippen MR) is 171 cm³/mol. The fourth-order valence-corrected chi connectivity index (χ4v) is 8.64. The third-order valence-electron chi connectivity index (χ3n) is 10.7. The summed E-state index contributed by atoms with van der Waals surface area (Å²) >= 11 is 0. The van der Waals surface area contributed by atoms with Gasteiger partial charge in [0.2, 0.25) is 0 Å². The number of aromatic amines is 1. The molecule has 43 heavy (non-hydrogen) atoms. The van der Waals surface area contributed by atoms with E-state index >= 15 is 0 Å². The number of fused-ring (bicyclic) bond motifs is 3. The van der Waals surface area contributed by atoms with Crippen molar-refractivity contribution >= 4 is 16.8 Å². The molecule has 3 aliphatic rings. The van der Waals surface area contributed by atoms with Crippen LogP contribution in [-0.4, -0.2) is 68.4 Å². The minimum Gasteiger partial charge on any atom is -0.326 e. The number of rotatable bonds is 7. The average molecular weight is 578 g/mol. The molecular formula is C36H43N5O2. The lowest BCUT2D eigenvalue weighted by atomic mass is 9.67. The van der Waals surface area contributed by atoms with Crippen LogP contribution in [0.4, 0.5) is 0 Å². The number of benzene rings is 2. The molecule has 0 saturated carbocycles. The van der Waals surface area contributed by atoms with Crippen LogP contribution in [0.5, 0.6) is 0 Å². The van der Waals surface area contributed by atoms with Crippen LogP contribution >= 0.6 is 0 Å². The summed E-state index contributed by atoms with van der Waals surface area (Å²) in [5.74, 6) is 1.10. The number of Topliss-reactive ketones (excluding diaryl/α,β-unsaturated/α-hetero) is 1. The number of nitrogens with one attached hydrogen (secondary N) is 1. The molecule has 2 atom stereocenters. The number of para-hydroxylation sites is 2. The van der Waals surface area contributed by atoms with Crippen molar-refractivity contribution in [3.05, 3.63) is 99.2 Å². The molecular weight excluding hydrogens is 534 g/mol. The van der Waals surface area contributed by atoms with Gasteiger partial charge in [-0.1, -0.05) is 42.5 Å². The van der Waals surface area contributed by atoms with Crippen molar-refractivity contribution in [1.82, 2.24) is 24.3 Å². The van der Waals surface area contributed by atoms with E-state index in [2.05, 4.69) is 62.7 Å². The Morgan fingerprint density at radius 3 is 2.28 bits per heavy atom. The van der Waals surface area contributed by atoms with Gasteiger partial charge in [-0.3, -0.25) is 14.5 Å². The normalized spacial score (nSPS) is 24.0. The molecule has 0 amide bonds. The Morgan fingerprint density at radius 1 is 0.907 bits per heavy atom. The first-order valence-corrected chi connectivity index (χ1v) is 16.1. The fraction of sp³-hybridized carbons (Fsp3) is 0.472. The van der Waals surface area contributed by atoms with E-state index in [1.807, 2.05) is 38.1 Å². The summed E-state index contributed by atoms with van der Waals surface area (Å²) in [6.45, 7) is 9.72. The molecule has 1 N–H and O–H groups in total. The second-order valence-corrected chi connectivity index (χ2v) is 13.2. The first-order valence-electron chi connectivity index (χ1n) is 16.1. The monoisotopic (exact) mass is 577 g/mol. The molecule has 7 heteroatoms. The van der Waals surface area contributed by atoms with Gasteiger partial charge < -0.3 is 14.5 Å². The molecule has 2 unspecified atom stereocenters. The Kier molecular flexibility index (Phi) is 7.34. The second-order valence-electron chi connectivity index (χ2n) is 13.2. The molecule has 4 aromatic rings. The number of hydrogen-bond donors (Lipinski definition) is 1. The molecule has 2 aromatic carbocycles. The van der Waals surface area contributed by atoms with E-state index in [4.69, 9.17) is 4.98 Å². The fourth-order valence-electron chi connectivity index (χ4n) is 8.64. The minimum atomic E-state index is -0.673. The Bertz CT molecular complexity index is 1680. The summed E-state index contributed by atoms with van der Waals surface area (Å²) in [6, 6.07) is 22.4. The third-order valence-corrected chi connectivity index (χ3v) is 10.7. The van der Waals surface area contributed by atoms with Gasteiger partial charge in [0, 0.05) is 36.9 Å². The average Bonchev–Trinajstić information content (AvgIpc) is 3.46. The lowest BCUT2D eigenvalue weighted by molar-refractivity contribution is 0.0675. The number of ketones is 1. The van der Waals surface area contributed by atoms with Gasteiger partial charge in [-0.25, -0.2) is 4.98 Å². The Morgan fingerprint density at radius 2 is 1.58 bits per heavy atom. The quantitative estimate of drug-likeness (QED) is 0.284. The first kappa shape index (κ1) is 28.2. The molecule has 3 saturated heterocycles. The van der Waals surface area contributed by atoms with Gasteiger partial charge in [-0.05, 0) is 102 Å². The summed E-state index contributed by atoms with van der Waals surface area (Å²) in [7, 11) is 0. The van der Waals surface area contributed by atoms with Gasteiger partial charge in [0.05, 0.1) is 22.0 Å².